The van der Waals surface area contributed by atoms with Crippen molar-refractivity contribution in [3.8, 4) is 5.75 Å². The number of urea groups is 1. The summed E-state index contributed by atoms with van der Waals surface area (Å²) in [6, 6.07) is 12.8. The topological polar surface area (TPSA) is 114 Å². The van der Waals surface area contributed by atoms with E-state index < -0.39 is 18.0 Å². The fourth-order valence-corrected chi connectivity index (χ4v) is 3.34. The standard InChI is InChI=1S/C21H24N4O4/c1-29-18-13-15(9-10-17(18)25-11-5-8-19(25)26)23-20(27)16(24-21(22)28)12-14-6-3-2-4-7-14/h2-4,6-7,9-10,13,16H,5,8,11-12H2,1H3,(H,23,27)(H3,22,24,28). The summed E-state index contributed by atoms with van der Waals surface area (Å²) in [5.74, 6) is 0.133. The zero-order chi connectivity index (χ0) is 20.8. The van der Waals surface area contributed by atoms with Crippen LogP contribution in [-0.2, 0) is 16.0 Å². The van der Waals surface area contributed by atoms with Gasteiger partial charge in [-0.15, -0.1) is 0 Å². The van der Waals surface area contributed by atoms with Crippen molar-refractivity contribution in [3.63, 3.8) is 0 Å². The number of nitrogens with two attached hydrogens (primary N) is 1. The summed E-state index contributed by atoms with van der Waals surface area (Å²) in [5, 5.41) is 5.26. The monoisotopic (exact) mass is 396 g/mol. The van der Waals surface area contributed by atoms with Crippen LogP contribution in [0.1, 0.15) is 18.4 Å². The molecule has 1 aliphatic rings. The second-order valence-corrected chi connectivity index (χ2v) is 6.78. The molecule has 1 saturated heterocycles. The number of carbonyl (C=O) groups excluding carboxylic acids is 3. The van der Waals surface area contributed by atoms with Crippen LogP contribution in [0.25, 0.3) is 0 Å². The Morgan fingerprint density at radius 2 is 1.97 bits per heavy atom. The van der Waals surface area contributed by atoms with E-state index in [-0.39, 0.29) is 5.91 Å². The molecule has 1 unspecified atom stereocenters. The predicted molar refractivity (Wildman–Crippen MR) is 110 cm³/mol. The van der Waals surface area contributed by atoms with Crippen molar-refractivity contribution in [1.29, 1.82) is 0 Å². The van der Waals surface area contributed by atoms with E-state index in [9.17, 15) is 14.4 Å². The maximum Gasteiger partial charge on any atom is 0.312 e. The molecular formula is C21H24N4O4. The number of primary amides is 1. The van der Waals surface area contributed by atoms with E-state index in [0.717, 1.165) is 12.0 Å². The van der Waals surface area contributed by atoms with Gasteiger partial charge in [-0.1, -0.05) is 30.3 Å². The summed E-state index contributed by atoms with van der Waals surface area (Å²) in [5.41, 5.74) is 7.29. The number of carbonyl (C=O) groups is 3. The Balaban J connectivity index is 1.76. The summed E-state index contributed by atoms with van der Waals surface area (Å²) in [6.07, 6.45) is 1.62. The molecule has 0 bridgehead atoms. The Kier molecular flexibility index (Phi) is 6.33. The molecule has 1 atom stereocenters. The van der Waals surface area contributed by atoms with Gasteiger partial charge < -0.3 is 26.0 Å². The molecular weight excluding hydrogens is 372 g/mol. The molecule has 0 radical (unpaired) electrons. The first kappa shape index (κ1) is 20.2. The lowest BCUT2D eigenvalue weighted by molar-refractivity contribution is -0.118. The van der Waals surface area contributed by atoms with Crippen LogP contribution >= 0.6 is 0 Å². The van der Waals surface area contributed by atoms with Crippen LogP contribution in [0.15, 0.2) is 48.5 Å². The second kappa shape index (κ2) is 9.09. The number of anilines is 2. The largest absolute Gasteiger partial charge is 0.494 e. The Bertz CT molecular complexity index is 901. The molecule has 1 aliphatic heterocycles. The number of amides is 4. The Morgan fingerprint density at radius 3 is 2.59 bits per heavy atom. The van der Waals surface area contributed by atoms with E-state index in [1.165, 1.54) is 7.11 Å². The zero-order valence-electron chi connectivity index (χ0n) is 16.2. The van der Waals surface area contributed by atoms with Gasteiger partial charge in [-0.05, 0) is 24.1 Å². The van der Waals surface area contributed by atoms with Crippen molar-refractivity contribution in [2.24, 2.45) is 5.73 Å². The zero-order valence-corrected chi connectivity index (χ0v) is 16.2. The molecule has 0 aromatic heterocycles. The molecule has 2 aromatic carbocycles. The molecule has 4 amide bonds. The summed E-state index contributed by atoms with van der Waals surface area (Å²) in [4.78, 5) is 37.8. The van der Waals surface area contributed by atoms with Crippen molar-refractivity contribution in [2.75, 3.05) is 23.9 Å². The molecule has 3 rings (SSSR count). The van der Waals surface area contributed by atoms with E-state index in [1.807, 2.05) is 30.3 Å². The van der Waals surface area contributed by atoms with Gasteiger partial charge in [-0.2, -0.15) is 0 Å². The highest BCUT2D eigenvalue weighted by Crippen LogP contribution is 2.33. The highest BCUT2D eigenvalue weighted by atomic mass is 16.5. The molecule has 29 heavy (non-hydrogen) atoms. The molecule has 1 fully saturated rings. The maximum atomic E-state index is 12.8. The van der Waals surface area contributed by atoms with Crippen molar-refractivity contribution >= 4 is 29.2 Å². The average Bonchev–Trinajstić information content (AvgIpc) is 3.13. The second-order valence-electron chi connectivity index (χ2n) is 6.78. The molecule has 4 N–H and O–H groups in total. The summed E-state index contributed by atoms with van der Waals surface area (Å²) in [7, 11) is 1.51. The molecule has 0 saturated carbocycles. The number of methoxy groups -OCH3 is 1. The van der Waals surface area contributed by atoms with Gasteiger partial charge in [0.25, 0.3) is 0 Å². The molecule has 152 valence electrons. The van der Waals surface area contributed by atoms with Crippen LogP contribution < -0.4 is 26.0 Å². The lowest BCUT2D eigenvalue weighted by Crippen LogP contribution is -2.47. The first-order valence-electron chi connectivity index (χ1n) is 9.37. The van der Waals surface area contributed by atoms with Gasteiger partial charge in [0.2, 0.25) is 11.8 Å². The molecule has 0 aliphatic carbocycles. The number of hydrogen-bond donors (Lipinski definition) is 3. The van der Waals surface area contributed by atoms with E-state index in [2.05, 4.69) is 10.6 Å². The number of hydrogen-bond acceptors (Lipinski definition) is 4. The van der Waals surface area contributed by atoms with Gasteiger partial charge in [0.05, 0.1) is 12.8 Å². The fourth-order valence-electron chi connectivity index (χ4n) is 3.34. The fraction of sp³-hybridized carbons (Fsp3) is 0.286. The van der Waals surface area contributed by atoms with Gasteiger partial charge in [-0.25, -0.2) is 4.79 Å². The maximum absolute atomic E-state index is 12.8. The third kappa shape index (κ3) is 5.04. The minimum absolute atomic E-state index is 0.0497. The number of ether oxygens (including phenoxy) is 1. The normalized spacial score (nSPS) is 14.4. The third-order valence-corrected chi connectivity index (χ3v) is 4.73. The van der Waals surface area contributed by atoms with Crippen molar-refractivity contribution in [2.45, 2.75) is 25.3 Å². The van der Waals surface area contributed by atoms with Gasteiger partial charge in [-0.3, -0.25) is 9.59 Å². The molecule has 8 heteroatoms. The Morgan fingerprint density at radius 1 is 1.21 bits per heavy atom. The number of rotatable bonds is 7. The number of benzene rings is 2. The lowest BCUT2D eigenvalue weighted by atomic mass is 10.1. The Labute approximate surface area is 169 Å². The van der Waals surface area contributed by atoms with Gasteiger partial charge >= 0.3 is 6.03 Å². The van der Waals surface area contributed by atoms with Crippen molar-refractivity contribution in [3.05, 3.63) is 54.1 Å². The van der Waals surface area contributed by atoms with Crippen LogP contribution in [0.5, 0.6) is 5.75 Å². The highest BCUT2D eigenvalue weighted by molar-refractivity contribution is 5.99. The van der Waals surface area contributed by atoms with E-state index in [1.54, 1.807) is 23.1 Å². The quantitative estimate of drug-likeness (QED) is 0.664. The molecule has 8 nitrogen and oxygen atoms in total. The van der Waals surface area contributed by atoms with Crippen LogP contribution in [-0.4, -0.2) is 37.5 Å². The van der Waals surface area contributed by atoms with Crippen LogP contribution in [0.2, 0.25) is 0 Å². The predicted octanol–water partition coefficient (Wildman–Crippen LogP) is 2.04. The summed E-state index contributed by atoms with van der Waals surface area (Å²) in [6.45, 7) is 0.641. The number of nitrogens with one attached hydrogen (secondary N) is 2. The third-order valence-electron chi connectivity index (χ3n) is 4.73. The molecule has 2 aromatic rings. The van der Waals surface area contributed by atoms with Gasteiger partial charge in [0.1, 0.15) is 11.8 Å². The average molecular weight is 396 g/mol. The van der Waals surface area contributed by atoms with Crippen LogP contribution in [0.4, 0.5) is 16.2 Å². The first-order valence-corrected chi connectivity index (χ1v) is 9.37. The van der Waals surface area contributed by atoms with Gasteiger partial charge in [0.15, 0.2) is 0 Å². The van der Waals surface area contributed by atoms with E-state index in [0.29, 0.717) is 36.5 Å². The summed E-state index contributed by atoms with van der Waals surface area (Å²) < 4.78 is 5.41. The Hall–Kier alpha value is -3.55. The van der Waals surface area contributed by atoms with Crippen LogP contribution in [0, 0.1) is 0 Å². The van der Waals surface area contributed by atoms with Crippen molar-refractivity contribution in [1.82, 2.24) is 5.32 Å². The number of nitrogens with zero attached hydrogens (tertiary/aromatic N) is 1. The van der Waals surface area contributed by atoms with Crippen molar-refractivity contribution < 1.29 is 19.1 Å². The first-order chi connectivity index (χ1) is 14.0. The minimum atomic E-state index is -0.833. The van der Waals surface area contributed by atoms with E-state index >= 15 is 0 Å². The summed E-state index contributed by atoms with van der Waals surface area (Å²) >= 11 is 0. The van der Waals surface area contributed by atoms with Gasteiger partial charge in [0, 0.05) is 31.1 Å². The lowest BCUT2D eigenvalue weighted by Gasteiger charge is -2.21. The highest BCUT2D eigenvalue weighted by Gasteiger charge is 2.25. The smallest absolute Gasteiger partial charge is 0.312 e. The minimum Gasteiger partial charge on any atom is -0.494 e. The van der Waals surface area contributed by atoms with Crippen LogP contribution in [0.3, 0.4) is 0 Å². The molecule has 0 spiro atoms. The SMILES string of the molecule is COc1cc(NC(=O)C(Cc2ccccc2)NC(N)=O)ccc1N1CCCC1=O. The van der Waals surface area contributed by atoms with E-state index in [4.69, 9.17) is 10.5 Å². The molecule has 1 heterocycles.